The van der Waals surface area contributed by atoms with E-state index in [1.807, 2.05) is 31.6 Å². The van der Waals surface area contributed by atoms with Crippen LogP contribution in [0.5, 0.6) is 0 Å². The topological polar surface area (TPSA) is 68.5 Å². The Hall–Kier alpha value is -3.28. The molecule has 4 aromatic rings. The maximum absolute atomic E-state index is 4.32. The molecule has 6 nitrogen and oxygen atoms in total. The van der Waals surface area contributed by atoms with E-state index in [1.54, 1.807) is 17.2 Å². The first-order valence-corrected chi connectivity index (χ1v) is 7.67. The summed E-state index contributed by atoms with van der Waals surface area (Å²) in [5.74, 6) is 0.759. The van der Waals surface area contributed by atoms with Gasteiger partial charge in [-0.3, -0.25) is 9.67 Å². The lowest BCUT2D eigenvalue weighted by atomic mass is 10.1. The number of pyridine rings is 1. The van der Waals surface area contributed by atoms with Crippen LogP contribution in [0.3, 0.4) is 0 Å². The maximum Gasteiger partial charge on any atom is 0.163 e. The molecule has 24 heavy (non-hydrogen) atoms. The largest absolute Gasteiger partial charge is 0.340 e. The second kappa shape index (κ2) is 6.08. The predicted octanol–water partition coefficient (Wildman–Crippen LogP) is 3.09. The van der Waals surface area contributed by atoms with Gasteiger partial charge in [0.2, 0.25) is 0 Å². The summed E-state index contributed by atoms with van der Waals surface area (Å²) >= 11 is 0. The van der Waals surface area contributed by atoms with Crippen LogP contribution in [0.4, 0.5) is 11.5 Å². The molecule has 0 saturated carbocycles. The Labute approximate surface area is 139 Å². The lowest BCUT2D eigenvalue weighted by Crippen LogP contribution is -1.97. The third kappa shape index (κ3) is 2.81. The molecule has 0 spiro atoms. The van der Waals surface area contributed by atoms with E-state index in [4.69, 9.17) is 0 Å². The molecule has 0 aliphatic heterocycles. The van der Waals surface area contributed by atoms with Crippen molar-refractivity contribution >= 4 is 22.5 Å². The summed E-state index contributed by atoms with van der Waals surface area (Å²) in [5, 5.41) is 8.47. The highest BCUT2D eigenvalue weighted by Gasteiger charge is 2.07. The second-order valence-electron chi connectivity index (χ2n) is 5.58. The van der Waals surface area contributed by atoms with Gasteiger partial charge in [0, 0.05) is 25.1 Å². The van der Waals surface area contributed by atoms with Crippen molar-refractivity contribution in [1.29, 1.82) is 0 Å². The molecule has 6 heteroatoms. The number of aromatic nitrogens is 5. The zero-order valence-corrected chi connectivity index (χ0v) is 13.2. The fourth-order valence-corrected chi connectivity index (χ4v) is 2.64. The van der Waals surface area contributed by atoms with Crippen LogP contribution < -0.4 is 5.32 Å². The maximum atomic E-state index is 4.32. The Morgan fingerprint density at radius 2 is 1.71 bits per heavy atom. The average molecular weight is 316 g/mol. The van der Waals surface area contributed by atoms with Crippen molar-refractivity contribution in [2.75, 3.05) is 5.32 Å². The highest BCUT2D eigenvalue weighted by molar-refractivity contribution is 5.88. The molecule has 1 N–H and O–H groups in total. The molecule has 1 aromatic carbocycles. The fourth-order valence-electron chi connectivity index (χ4n) is 2.64. The number of rotatable bonds is 4. The van der Waals surface area contributed by atoms with Crippen molar-refractivity contribution in [2.45, 2.75) is 6.42 Å². The number of nitrogens with zero attached hydrogens (tertiary/aromatic N) is 5. The Morgan fingerprint density at radius 1 is 0.958 bits per heavy atom. The first-order valence-electron chi connectivity index (χ1n) is 7.67. The number of hydrogen-bond donors (Lipinski definition) is 1. The predicted molar refractivity (Wildman–Crippen MR) is 93.1 cm³/mol. The standard InChI is InChI=1S/C18H16N6/c1-24-18-16(11-22-24)17(20-12-21-18)23-15-4-2-13(3-5-15)10-14-6-8-19-9-7-14/h2-9,11-12H,10H2,1H3,(H,20,21,23). The molecule has 0 atom stereocenters. The Balaban J connectivity index is 1.55. The van der Waals surface area contributed by atoms with E-state index in [0.29, 0.717) is 0 Å². The first kappa shape index (κ1) is 14.3. The average Bonchev–Trinajstić information content (AvgIpc) is 3.00. The van der Waals surface area contributed by atoms with Gasteiger partial charge in [0.05, 0.1) is 11.6 Å². The third-order valence-corrected chi connectivity index (χ3v) is 3.90. The summed E-state index contributed by atoms with van der Waals surface area (Å²) in [6, 6.07) is 12.4. The highest BCUT2D eigenvalue weighted by atomic mass is 15.3. The minimum atomic E-state index is 0.759. The van der Waals surface area contributed by atoms with Gasteiger partial charge in [-0.15, -0.1) is 0 Å². The van der Waals surface area contributed by atoms with Gasteiger partial charge in [-0.25, -0.2) is 9.97 Å². The minimum Gasteiger partial charge on any atom is -0.340 e. The smallest absolute Gasteiger partial charge is 0.163 e. The van der Waals surface area contributed by atoms with Gasteiger partial charge in [0.1, 0.15) is 12.1 Å². The van der Waals surface area contributed by atoms with Crippen LogP contribution in [0.15, 0.2) is 61.3 Å². The summed E-state index contributed by atoms with van der Waals surface area (Å²) in [7, 11) is 1.87. The number of nitrogens with one attached hydrogen (secondary N) is 1. The van der Waals surface area contributed by atoms with E-state index < -0.39 is 0 Å². The molecule has 0 aliphatic carbocycles. The Kier molecular flexibility index (Phi) is 3.63. The van der Waals surface area contributed by atoms with Gasteiger partial charge in [0.25, 0.3) is 0 Å². The number of anilines is 2. The first-order chi connectivity index (χ1) is 11.8. The highest BCUT2D eigenvalue weighted by Crippen LogP contribution is 2.22. The van der Waals surface area contributed by atoms with Crippen molar-refractivity contribution in [1.82, 2.24) is 24.7 Å². The number of fused-ring (bicyclic) bond motifs is 1. The number of aryl methyl sites for hydroxylation is 1. The molecule has 0 unspecified atom stereocenters. The van der Waals surface area contributed by atoms with E-state index in [-0.39, 0.29) is 0 Å². The summed E-state index contributed by atoms with van der Waals surface area (Å²) in [4.78, 5) is 12.6. The van der Waals surface area contributed by atoms with Crippen molar-refractivity contribution in [2.24, 2.45) is 7.05 Å². The van der Waals surface area contributed by atoms with Crippen LogP contribution in [0.1, 0.15) is 11.1 Å². The third-order valence-electron chi connectivity index (χ3n) is 3.90. The van der Waals surface area contributed by atoms with E-state index in [2.05, 4.69) is 49.6 Å². The molecular formula is C18H16N6. The normalized spacial score (nSPS) is 10.9. The molecule has 0 bridgehead atoms. The summed E-state index contributed by atoms with van der Waals surface area (Å²) in [6.45, 7) is 0. The molecule has 3 aromatic heterocycles. The van der Waals surface area contributed by atoms with Crippen LogP contribution in [-0.2, 0) is 13.5 Å². The summed E-state index contributed by atoms with van der Waals surface area (Å²) in [5.41, 5.74) is 4.29. The van der Waals surface area contributed by atoms with Gasteiger partial charge in [-0.05, 0) is 41.8 Å². The molecule has 0 aliphatic rings. The van der Waals surface area contributed by atoms with Crippen LogP contribution in [0, 0.1) is 0 Å². The van der Waals surface area contributed by atoms with Crippen molar-refractivity contribution in [3.8, 4) is 0 Å². The van der Waals surface area contributed by atoms with E-state index >= 15 is 0 Å². The summed E-state index contributed by atoms with van der Waals surface area (Å²) < 4.78 is 1.74. The zero-order chi connectivity index (χ0) is 16.4. The van der Waals surface area contributed by atoms with E-state index in [9.17, 15) is 0 Å². The SMILES string of the molecule is Cn1ncc2c(Nc3ccc(Cc4ccncc4)cc3)ncnc21. The van der Waals surface area contributed by atoms with Gasteiger partial charge in [-0.2, -0.15) is 5.10 Å². The molecule has 0 fully saturated rings. The molecule has 118 valence electrons. The number of benzene rings is 1. The van der Waals surface area contributed by atoms with Crippen molar-refractivity contribution < 1.29 is 0 Å². The Bertz CT molecular complexity index is 960. The zero-order valence-electron chi connectivity index (χ0n) is 13.2. The van der Waals surface area contributed by atoms with Crippen molar-refractivity contribution in [3.63, 3.8) is 0 Å². The Morgan fingerprint density at radius 3 is 2.50 bits per heavy atom. The van der Waals surface area contributed by atoms with Gasteiger partial charge >= 0.3 is 0 Å². The van der Waals surface area contributed by atoms with Crippen LogP contribution in [-0.4, -0.2) is 24.7 Å². The second-order valence-corrected chi connectivity index (χ2v) is 5.58. The van der Waals surface area contributed by atoms with Crippen LogP contribution in [0.2, 0.25) is 0 Å². The lowest BCUT2D eigenvalue weighted by Gasteiger charge is -2.08. The van der Waals surface area contributed by atoms with E-state index in [1.165, 1.54) is 11.1 Å². The minimum absolute atomic E-state index is 0.759. The number of hydrogen-bond acceptors (Lipinski definition) is 5. The monoisotopic (exact) mass is 316 g/mol. The summed E-state index contributed by atoms with van der Waals surface area (Å²) in [6.07, 6.45) is 7.85. The van der Waals surface area contributed by atoms with E-state index in [0.717, 1.165) is 29.0 Å². The van der Waals surface area contributed by atoms with Crippen LogP contribution in [0.25, 0.3) is 11.0 Å². The van der Waals surface area contributed by atoms with Crippen molar-refractivity contribution in [3.05, 3.63) is 72.4 Å². The fraction of sp³-hybridized carbons (Fsp3) is 0.111. The van der Waals surface area contributed by atoms with Gasteiger partial charge in [0.15, 0.2) is 5.65 Å². The molecule has 0 amide bonds. The van der Waals surface area contributed by atoms with Crippen LogP contribution >= 0.6 is 0 Å². The molecule has 3 heterocycles. The molecular weight excluding hydrogens is 300 g/mol. The molecule has 0 saturated heterocycles. The molecule has 4 rings (SSSR count). The molecule has 0 radical (unpaired) electrons. The lowest BCUT2D eigenvalue weighted by molar-refractivity contribution is 0.785. The van der Waals surface area contributed by atoms with Gasteiger partial charge in [-0.1, -0.05) is 12.1 Å². The quantitative estimate of drug-likeness (QED) is 0.626. The van der Waals surface area contributed by atoms with Gasteiger partial charge < -0.3 is 5.32 Å².